The Morgan fingerprint density at radius 1 is 1.40 bits per heavy atom. The van der Waals surface area contributed by atoms with Crippen molar-refractivity contribution >= 4 is 16.8 Å². The van der Waals surface area contributed by atoms with Crippen LogP contribution < -0.4 is 0 Å². The summed E-state index contributed by atoms with van der Waals surface area (Å²) >= 11 is 0. The van der Waals surface area contributed by atoms with Gasteiger partial charge in [0.25, 0.3) is 0 Å². The molecule has 1 amide bonds. The van der Waals surface area contributed by atoms with Gasteiger partial charge in [0.2, 0.25) is 5.91 Å². The molecule has 0 fully saturated rings. The number of aromatic amines is 1. The van der Waals surface area contributed by atoms with Crippen LogP contribution in [-0.2, 0) is 11.2 Å². The monoisotopic (exact) mass is 270 g/mol. The fraction of sp³-hybridized carbons (Fsp3) is 0.471. The molecule has 0 saturated carbocycles. The van der Waals surface area contributed by atoms with Crippen molar-refractivity contribution in [2.75, 3.05) is 6.54 Å². The largest absolute Gasteiger partial charge is 0.356 e. The highest BCUT2D eigenvalue weighted by Crippen LogP contribution is 2.37. The Balaban J connectivity index is 2.11. The van der Waals surface area contributed by atoms with Crippen molar-refractivity contribution in [2.45, 2.75) is 39.7 Å². The van der Waals surface area contributed by atoms with Crippen LogP contribution in [0.25, 0.3) is 10.9 Å². The molecule has 106 valence electrons. The number of carbonyl (C=O) groups excluding carboxylic acids is 1. The van der Waals surface area contributed by atoms with Crippen LogP contribution in [0, 0.1) is 5.92 Å². The summed E-state index contributed by atoms with van der Waals surface area (Å²) in [6, 6.07) is 8.65. The van der Waals surface area contributed by atoms with Gasteiger partial charge in [0, 0.05) is 30.1 Å². The molecule has 0 aliphatic carbocycles. The first-order valence-electron chi connectivity index (χ1n) is 7.44. The second-order valence-electron chi connectivity index (χ2n) is 6.17. The third-order valence-corrected chi connectivity index (χ3v) is 4.26. The summed E-state index contributed by atoms with van der Waals surface area (Å²) in [6.45, 7) is 6.95. The number of fused-ring (bicyclic) bond motifs is 3. The maximum atomic E-state index is 11.9. The van der Waals surface area contributed by atoms with E-state index in [1.807, 2.05) is 4.90 Å². The number of carbonyl (C=O) groups is 1. The van der Waals surface area contributed by atoms with E-state index in [1.165, 1.54) is 22.2 Å². The first-order chi connectivity index (χ1) is 9.58. The number of nitrogens with zero attached hydrogens (tertiary/aromatic N) is 1. The average molecular weight is 270 g/mol. The standard InChI is InChI=1S/C17H22N2O/c1-11(2)10-16-17-14(8-9-19(16)12(3)20)13-6-4-5-7-15(13)18-17/h4-7,11,16,18H,8-10H2,1-3H3. The Morgan fingerprint density at radius 2 is 2.15 bits per heavy atom. The molecule has 1 aliphatic rings. The predicted molar refractivity (Wildman–Crippen MR) is 81.6 cm³/mol. The van der Waals surface area contributed by atoms with Crippen LogP contribution in [0.1, 0.15) is 44.5 Å². The van der Waals surface area contributed by atoms with Crippen LogP contribution in [0.3, 0.4) is 0 Å². The van der Waals surface area contributed by atoms with E-state index in [2.05, 4.69) is 43.1 Å². The number of nitrogens with one attached hydrogen (secondary N) is 1. The lowest BCUT2D eigenvalue weighted by Gasteiger charge is -2.36. The second kappa shape index (κ2) is 4.97. The van der Waals surface area contributed by atoms with Gasteiger partial charge < -0.3 is 9.88 Å². The van der Waals surface area contributed by atoms with E-state index < -0.39 is 0 Å². The molecule has 0 saturated heterocycles. The molecule has 1 N–H and O–H groups in total. The highest BCUT2D eigenvalue weighted by Gasteiger charge is 2.31. The second-order valence-corrected chi connectivity index (χ2v) is 6.17. The van der Waals surface area contributed by atoms with Crippen molar-refractivity contribution in [1.29, 1.82) is 0 Å². The number of rotatable bonds is 2. The summed E-state index contributed by atoms with van der Waals surface area (Å²) in [5.41, 5.74) is 3.85. The van der Waals surface area contributed by atoms with Gasteiger partial charge in [0.05, 0.1) is 6.04 Å². The Labute approximate surface area is 120 Å². The Hall–Kier alpha value is -1.77. The van der Waals surface area contributed by atoms with Crippen molar-refractivity contribution in [1.82, 2.24) is 9.88 Å². The highest BCUT2D eigenvalue weighted by atomic mass is 16.2. The first-order valence-corrected chi connectivity index (χ1v) is 7.44. The molecule has 1 aromatic carbocycles. The molecule has 20 heavy (non-hydrogen) atoms. The van der Waals surface area contributed by atoms with Gasteiger partial charge in [-0.1, -0.05) is 32.0 Å². The van der Waals surface area contributed by atoms with Crippen LogP contribution in [0.5, 0.6) is 0 Å². The van der Waals surface area contributed by atoms with Crippen LogP contribution in [0.15, 0.2) is 24.3 Å². The molecule has 0 bridgehead atoms. The van der Waals surface area contributed by atoms with Crippen LogP contribution in [-0.4, -0.2) is 22.3 Å². The van der Waals surface area contributed by atoms with Crippen molar-refractivity contribution in [2.24, 2.45) is 5.92 Å². The van der Waals surface area contributed by atoms with Gasteiger partial charge in [-0.25, -0.2) is 0 Å². The van der Waals surface area contributed by atoms with Gasteiger partial charge in [-0.3, -0.25) is 4.79 Å². The number of hydrogen-bond acceptors (Lipinski definition) is 1. The molecule has 1 aliphatic heterocycles. The van der Waals surface area contributed by atoms with Crippen LogP contribution >= 0.6 is 0 Å². The zero-order chi connectivity index (χ0) is 14.3. The molecular weight excluding hydrogens is 248 g/mol. The third-order valence-electron chi connectivity index (χ3n) is 4.26. The Kier molecular flexibility index (Phi) is 3.28. The topological polar surface area (TPSA) is 36.1 Å². The minimum absolute atomic E-state index is 0.181. The fourth-order valence-corrected chi connectivity index (χ4v) is 3.39. The number of hydrogen-bond donors (Lipinski definition) is 1. The van der Waals surface area contributed by atoms with E-state index >= 15 is 0 Å². The molecule has 3 nitrogen and oxygen atoms in total. The zero-order valence-electron chi connectivity index (χ0n) is 12.4. The van der Waals surface area contributed by atoms with Crippen LogP contribution in [0.4, 0.5) is 0 Å². The molecule has 0 spiro atoms. The van der Waals surface area contributed by atoms with Gasteiger partial charge in [0.15, 0.2) is 0 Å². The van der Waals surface area contributed by atoms with Gasteiger partial charge in [-0.05, 0) is 30.4 Å². The van der Waals surface area contributed by atoms with Crippen molar-refractivity contribution < 1.29 is 4.79 Å². The van der Waals surface area contributed by atoms with E-state index in [0.717, 1.165) is 19.4 Å². The maximum absolute atomic E-state index is 11.9. The predicted octanol–water partition coefficient (Wildman–Crippen LogP) is 3.66. The molecule has 0 radical (unpaired) electrons. The van der Waals surface area contributed by atoms with Gasteiger partial charge in [-0.2, -0.15) is 0 Å². The summed E-state index contributed by atoms with van der Waals surface area (Å²) in [5, 5.41) is 1.32. The van der Waals surface area contributed by atoms with E-state index in [9.17, 15) is 4.79 Å². The summed E-state index contributed by atoms with van der Waals surface area (Å²) in [6.07, 6.45) is 1.97. The molecule has 1 unspecified atom stereocenters. The summed E-state index contributed by atoms with van der Waals surface area (Å²) in [4.78, 5) is 17.5. The van der Waals surface area contributed by atoms with Gasteiger partial charge in [-0.15, -0.1) is 0 Å². The van der Waals surface area contributed by atoms with Gasteiger partial charge in [0.1, 0.15) is 0 Å². The van der Waals surface area contributed by atoms with Crippen LogP contribution in [0.2, 0.25) is 0 Å². The minimum atomic E-state index is 0.181. The smallest absolute Gasteiger partial charge is 0.220 e. The SMILES string of the molecule is CC(=O)N1CCc2c([nH]c3ccccc23)C1CC(C)C. The lowest BCUT2D eigenvalue weighted by Crippen LogP contribution is -2.39. The minimum Gasteiger partial charge on any atom is -0.356 e. The van der Waals surface area contributed by atoms with E-state index in [4.69, 9.17) is 0 Å². The molecule has 2 heterocycles. The number of benzene rings is 1. The first kappa shape index (κ1) is 13.2. The average Bonchev–Trinajstić information content (AvgIpc) is 2.77. The van der Waals surface area contributed by atoms with Crippen molar-refractivity contribution in [3.63, 3.8) is 0 Å². The number of aromatic nitrogens is 1. The molecule has 1 atom stereocenters. The molecule has 3 heteroatoms. The molecule has 2 aromatic rings. The molecule has 3 rings (SSSR count). The highest BCUT2D eigenvalue weighted by molar-refractivity contribution is 5.86. The third kappa shape index (κ3) is 2.11. The summed E-state index contributed by atoms with van der Waals surface area (Å²) in [7, 11) is 0. The Morgan fingerprint density at radius 3 is 2.85 bits per heavy atom. The lowest BCUT2D eigenvalue weighted by molar-refractivity contribution is -0.132. The quantitative estimate of drug-likeness (QED) is 0.888. The van der Waals surface area contributed by atoms with E-state index in [0.29, 0.717) is 5.92 Å². The van der Waals surface area contributed by atoms with Crippen molar-refractivity contribution in [3.8, 4) is 0 Å². The maximum Gasteiger partial charge on any atom is 0.220 e. The Bertz CT molecular complexity index is 641. The number of amides is 1. The molecular formula is C17H22N2O. The summed E-state index contributed by atoms with van der Waals surface area (Å²) in [5.74, 6) is 0.749. The number of H-pyrrole nitrogens is 1. The zero-order valence-corrected chi connectivity index (χ0v) is 12.4. The lowest BCUT2D eigenvalue weighted by atomic mass is 9.91. The van der Waals surface area contributed by atoms with E-state index in [1.54, 1.807) is 6.92 Å². The van der Waals surface area contributed by atoms with Crippen molar-refractivity contribution in [3.05, 3.63) is 35.5 Å². The fourth-order valence-electron chi connectivity index (χ4n) is 3.39. The molecule has 1 aromatic heterocycles. The normalized spacial score (nSPS) is 18.6. The van der Waals surface area contributed by atoms with Gasteiger partial charge >= 0.3 is 0 Å². The summed E-state index contributed by atoms with van der Waals surface area (Å²) < 4.78 is 0. The number of para-hydroxylation sites is 1. The van der Waals surface area contributed by atoms with E-state index in [-0.39, 0.29) is 11.9 Å².